The molecule has 2 atom stereocenters. The molecule has 1 amide bonds. The van der Waals surface area contributed by atoms with Gasteiger partial charge in [-0.1, -0.05) is 20.8 Å². The fourth-order valence-electron chi connectivity index (χ4n) is 4.90. The monoisotopic (exact) mass is 420 g/mol. The number of pyridine rings is 2. The number of imidazole rings is 1. The van der Waals surface area contributed by atoms with E-state index in [-0.39, 0.29) is 29.1 Å². The molecule has 8 nitrogen and oxygen atoms in total. The number of carbonyl (C=O) groups excluding carboxylic acids is 1. The number of amides is 1. The van der Waals surface area contributed by atoms with Crippen molar-refractivity contribution in [3.8, 4) is 0 Å². The van der Waals surface area contributed by atoms with E-state index >= 15 is 0 Å². The largest absolute Gasteiger partial charge is 0.350 e. The molecule has 2 bridgehead atoms. The van der Waals surface area contributed by atoms with Gasteiger partial charge in [-0.15, -0.1) is 0 Å². The molecule has 8 heteroatoms. The first-order valence-corrected chi connectivity index (χ1v) is 10.8. The predicted octanol–water partition coefficient (Wildman–Crippen LogP) is 2.28. The lowest BCUT2D eigenvalue weighted by atomic mass is 9.97. The third kappa shape index (κ3) is 3.30. The standard InChI is InChI=1S/C23H28N6O2/c1-23(2,3)14-29-18-7-8-19(25-20(18)26(4)22(29)31)27-12-17-10-16(27)13-28(17)21(30)15-6-5-9-24-11-15/h5-9,11,16-17H,10,12-14H2,1-4H3/t16-,17-/m0/s1. The van der Waals surface area contributed by atoms with E-state index in [9.17, 15) is 9.59 Å². The van der Waals surface area contributed by atoms with E-state index in [2.05, 4.69) is 30.7 Å². The van der Waals surface area contributed by atoms with E-state index in [1.807, 2.05) is 27.7 Å². The third-order valence-electron chi connectivity index (χ3n) is 6.30. The van der Waals surface area contributed by atoms with Crippen molar-refractivity contribution in [2.45, 2.75) is 45.8 Å². The summed E-state index contributed by atoms with van der Waals surface area (Å²) in [6, 6.07) is 8.04. The number of likely N-dealkylation sites (tertiary alicyclic amines) is 1. The molecule has 0 spiro atoms. The topological polar surface area (TPSA) is 76.3 Å². The Kier molecular flexibility index (Phi) is 4.42. The van der Waals surface area contributed by atoms with Crippen molar-refractivity contribution in [1.29, 1.82) is 0 Å². The number of nitrogens with zero attached hydrogens (tertiary/aromatic N) is 6. The molecule has 5 rings (SSSR count). The van der Waals surface area contributed by atoms with E-state index in [0.29, 0.717) is 24.3 Å². The predicted molar refractivity (Wildman–Crippen MR) is 119 cm³/mol. The van der Waals surface area contributed by atoms with Crippen LogP contribution in [-0.2, 0) is 13.6 Å². The van der Waals surface area contributed by atoms with Gasteiger partial charge >= 0.3 is 5.69 Å². The van der Waals surface area contributed by atoms with E-state index in [0.717, 1.165) is 24.3 Å². The molecule has 2 aliphatic heterocycles. The van der Waals surface area contributed by atoms with Crippen LogP contribution in [0.2, 0.25) is 0 Å². The number of aromatic nitrogens is 4. The van der Waals surface area contributed by atoms with Crippen LogP contribution in [0.4, 0.5) is 5.82 Å². The van der Waals surface area contributed by atoms with Gasteiger partial charge < -0.3 is 9.80 Å². The number of rotatable bonds is 3. The Labute approximate surface area is 181 Å². The van der Waals surface area contributed by atoms with Gasteiger partial charge in [-0.2, -0.15) is 0 Å². The van der Waals surface area contributed by atoms with Crippen LogP contribution in [-0.4, -0.2) is 55.1 Å². The molecule has 2 fully saturated rings. The Morgan fingerprint density at radius 3 is 2.61 bits per heavy atom. The van der Waals surface area contributed by atoms with Crippen molar-refractivity contribution in [2.24, 2.45) is 12.5 Å². The van der Waals surface area contributed by atoms with Crippen LogP contribution in [0.25, 0.3) is 11.2 Å². The van der Waals surface area contributed by atoms with E-state index in [1.54, 1.807) is 30.1 Å². The zero-order valence-electron chi connectivity index (χ0n) is 18.4. The highest BCUT2D eigenvalue weighted by Crippen LogP contribution is 2.35. The summed E-state index contributed by atoms with van der Waals surface area (Å²) in [5, 5.41) is 0. The van der Waals surface area contributed by atoms with Crippen molar-refractivity contribution in [2.75, 3.05) is 18.0 Å². The molecular formula is C23H28N6O2. The number of carbonyl (C=O) groups is 1. The molecule has 0 saturated carbocycles. The first kappa shape index (κ1) is 19.8. The maximum Gasteiger partial charge on any atom is 0.330 e. The highest BCUT2D eigenvalue weighted by Gasteiger charge is 2.46. The van der Waals surface area contributed by atoms with Crippen LogP contribution >= 0.6 is 0 Å². The molecule has 31 heavy (non-hydrogen) atoms. The van der Waals surface area contributed by atoms with E-state index < -0.39 is 0 Å². The molecule has 0 aliphatic carbocycles. The number of fused-ring (bicyclic) bond motifs is 3. The van der Waals surface area contributed by atoms with Crippen molar-refractivity contribution in [3.63, 3.8) is 0 Å². The van der Waals surface area contributed by atoms with Gasteiger partial charge in [-0.3, -0.25) is 18.9 Å². The van der Waals surface area contributed by atoms with Crippen LogP contribution in [0.15, 0.2) is 41.5 Å². The minimum atomic E-state index is -0.0363. The molecule has 3 aromatic heterocycles. The van der Waals surface area contributed by atoms with Gasteiger partial charge in [0.15, 0.2) is 5.65 Å². The average molecular weight is 421 g/mol. The molecular weight excluding hydrogens is 392 g/mol. The highest BCUT2D eigenvalue weighted by atomic mass is 16.2. The quantitative estimate of drug-likeness (QED) is 0.650. The maximum atomic E-state index is 12.9. The average Bonchev–Trinajstić information content (AvgIpc) is 3.42. The lowest BCUT2D eigenvalue weighted by Gasteiger charge is -2.35. The zero-order valence-corrected chi connectivity index (χ0v) is 18.4. The Hall–Kier alpha value is -3.16. The molecule has 0 unspecified atom stereocenters. The second kappa shape index (κ2) is 6.93. The van der Waals surface area contributed by atoms with E-state index in [1.165, 1.54) is 0 Å². The van der Waals surface area contributed by atoms with Gasteiger partial charge in [-0.25, -0.2) is 9.78 Å². The molecule has 162 valence electrons. The number of hydrogen-bond acceptors (Lipinski definition) is 5. The van der Waals surface area contributed by atoms with Crippen LogP contribution in [0, 0.1) is 5.41 Å². The van der Waals surface area contributed by atoms with Gasteiger partial charge in [0, 0.05) is 39.1 Å². The maximum absolute atomic E-state index is 12.9. The molecule has 0 N–H and O–H groups in total. The van der Waals surface area contributed by atoms with Gasteiger partial charge in [0.05, 0.1) is 23.2 Å². The van der Waals surface area contributed by atoms with Gasteiger partial charge in [0.25, 0.3) is 5.91 Å². The highest BCUT2D eigenvalue weighted by molar-refractivity contribution is 5.94. The summed E-state index contributed by atoms with van der Waals surface area (Å²) in [7, 11) is 1.78. The second-order valence-electron chi connectivity index (χ2n) is 9.90. The van der Waals surface area contributed by atoms with Crippen LogP contribution < -0.4 is 10.6 Å². The number of piperazine rings is 1. The Morgan fingerprint density at radius 2 is 1.97 bits per heavy atom. The Morgan fingerprint density at radius 1 is 1.16 bits per heavy atom. The number of anilines is 1. The minimum absolute atomic E-state index is 0.00481. The summed E-state index contributed by atoms with van der Waals surface area (Å²) < 4.78 is 3.45. The first-order valence-electron chi connectivity index (χ1n) is 10.8. The number of aryl methyl sites for hydroxylation is 1. The van der Waals surface area contributed by atoms with E-state index in [4.69, 9.17) is 4.98 Å². The first-order chi connectivity index (χ1) is 14.7. The van der Waals surface area contributed by atoms with Crippen LogP contribution in [0.3, 0.4) is 0 Å². The fourth-order valence-corrected chi connectivity index (χ4v) is 4.90. The summed E-state index contributed by atoms with van der Waals surface area (Å²) >= 11 is 0. The summed E-state index contributed by atoms with van der Waals surface area (Å²) in [4.78, 5) is 38.9. The normalized spacial score (nSPS) is 20.8. The SMILES string of the molecule is Cn1c(=O)n(CC(C)(C)C)c2ccc(N3C[C@@H]4C[C@H]3CN4C(=O)c3cccnc3)nc21. The van der Waals surface area contributed by atoms with Crippen LogP contribution in [0.5, 0.6) is 0 Å². The molecule has 2 saturated heterocycles. The molecule has 5 heterocycles. The minimum Gasteiger partial charge on any atom is -0.350 e. The molecule has 3 aromatic rings. The van der Waals surface area contributed by atoms with Crippen molar-refractivity contribution >= 4 is 22.9 Å². The van der Waals surface area contributed by atoms with Gasteiger partial charge in [-0.05, 0) is 36.1 Å². The van der Waals surface area contributed by atoms with Crippen molar-refractivity contribution in [3.05, 3.63) is 52.7 Å². The second-order valence-corrected chi connectivity index (χ2v) is 9.90. The third-order valence-corrected chi connectivity index (χ3v) is 6.30. The Bertz CT molecular complexity index is 1210. The zero-order chi connectivity index (χ0) is 21.9. The summed E-state index contributed by atoms with van der Waals surface area (Å²) in [5.74, 6) is 0.919. The lowest BCUT2D eigenvalue weighted by Crippen LogP contribution is -2.49. The van der Waals surface area contributed by atoms with Gasteiger partial charge in [0.1, 0.15) is 5.82 Å². The van der Waals surface area contributed by atoms with Gasteiger partial charge in [0.2, 0.25) is 0 Å². The van der Waals surface area contributed by atoms with Crippen LogP contribution in [0.1, 0.15) is 37.6 Å². The molecule has 2 aliphatic rings. The summed E-state index contributed by atoms with van der Waals surface area (Å²) in [5.41, 5.74) is 2.17. The Balaban J connectivity index is 1.40. The lowest BCUT2D eigenvalue weighted by molar-refractivity contribution is 0.0725. The summed E-state index contributed by atoms with van der Waals surface area (Å²) in [6.45, 7) is 8.46. The molecule has 0 radical (unpaired) electrons. The fraction of sp³-hybridized carbons (Fsp3) is 0.478. The molecule has 0 aromatic carbocycles. The van der Waals surface area contributed by atoms with Crippen molar-refractivity contribution < 1.29 is 4.79 Å². The number of hydrogen-bond donors (Lipinski definition) is 0. The summed E-state index contributed by atoms with van der Waals surface area (Å²) in [6.07, 6.45) is 4.25. The smallest absolute Gasteiger partial charge is 0.330 e. The van der Waals surface area contributed by atoms with Crippen molar-refractivity contribution in [1.82, 2.24) is 24.0 Å².